The maximum atomic E-state index is 12.6. The molecule has 0 unspecified atom stereocenters. The molecule has 7 heteroatoms. The summed E-state index contributed by atoms with van der Waals surface area (Å²) in [5.41, 5.74) is 3.70. The van der Waals surface area contributed by atoms with Crippen LogP contribution in [-0.2, 0) is 0 Å². The summed E-state index contributed by atoms with van der Waals surface area (Å²) < 4.78 is 17.0. The van der Waals surface area contributed by atoms with E-state index in [4.69, 9.17) is 14.2 Å². The highest BCUT2D eigenvalue weighted by atomic mass is 79.9. The third-order valence-corrected chi connectivity index (χ3v) is 4.82. The number of hydrogen-bond acceptors (Lipinski definition) is 5. The Morgan fingerprint density at radius 2 is 1.79 bits per heavy atom. The van der Waals surface area contributed by atoms with Gasteiger partial charge in [0, 0.05) is 0 Å². The second-order valence-electron chi connectivity index (χ2n) is 6.07. The van der Waals surface area contributed by atoms with Crippen LogP contribution in [-0.4, -0.2) is 32.9 Å². The van der Waals surface area contributed by atoms with Crippen molar-refractivity contribution in [2.24, 2.45) is 5.10 Å². The second-order valence-corrected chi connectivity index (χ2v) is 6.92. The normalized spacial score (nSPS) is 10.9. The van der Waals surface area contributed by atoms with E-state index in [0.29, 0.717) is 29.4 Å². The Morgan fingerprint density at radius 3 is 2.45 bits per heavy atom. The molecule has 1 amide bonds. The van der Waals surface area contributed by atoms with Crippen LogP contribution in [0.3, 0.4) is 0 Å². The first-order chi connectivity index (χ1) is 14.1. The summed E-state index contributed by atoms with van der Waals surface area (Å²) >= 11 is 3.46. The number of halogens is 1. The molecule has 0 heterocycles. The lowest BCUT2D eigenvalue weighted by molar-refractivity contribution is 0.0952. The lowest BCUT2D eigenvalue weighted by atomic mass is 10.1. The van der Waals surface area contributed by atoms with Crippen LogP contribution < -0.4 is 19.6 Å². The molecular weight excluding hydrogens is 436 g/mol. The van der Waals surface area contributed by atoms with Gasteiger partial charge in [0.1, 0.15) is 5.75 Å². The van der Waals surface area contributed by atoms with E-state index < -0.39 is 0 Å². The number of methoxy groups -OCH3 is 2. The summed E-state index contributed by atoms with van der Waals surface area (Å²) in [6.07, 6.45) is 1.54. The molecule has 0 spiro atoms. The summed E-state index contributed by atoms with van der Waals surface area (Å²) in [6, 6.07) is 15.0. The van der Waals surface area contributed by atoms with Gasteiger partial charge in [-0.15, -0.1) is 0 Å². The van der Waals surface area contributed by atoms with Gasteiger partial charge in [-0.3, -0.25) is 4.79 Å². The summed E-state index contributed by atoms with van der Waals surface area (Å²) in [4.78, 5) is 12.6. The van der Waals surface area contributed by atoms with Crippen LogP contribution in [0.15, 0.2) is 58.1 Å². The van der Waals surface area contributed by atoms with Gasteiger partial charge in [0.25, 0.3) is 5.91 Å². The van der Waals surface area contributed by atoms with Gasteiger partial charge >= 0.3 is 0 Å². The number of benzene rings is 3. The molecular formula is C22H21BrN2O4. The van der Waals surface area contributed by atoms with Gasteiger partial charge in [-0.2, -0.15) is 5.10 Å². The van der Waals surface area contributed by atoms with Crippen LogP contribution in [0.2, 0.25) is 0 Å². The second kappa shape index (κ2) is 9.43. The fourth-order valence-electron chi connectivity index (χ4n) is 2.91. The molecule has 0 fully saturated rings. The van der Waals surface area contributed by atoms with Gasteiger partial charge in [-0.05, 0) is 63.5 Å². The Balaban J connectivity index is 1.82. The van der Waals surface area contributed by atoms with Gasteiger partial charge in [0.15, 0.2) is 11.5 Å². The summed E-state index contributed by atoms with van der Waals surface area (Å²) in [7, 11) is 3.11. The van der Waals surface area contributed by atoms with Crippen molar-refractivity contribution in [3.05, 3.63) is 64.1 Å². The fraction of sp³-hybridized carbons (Fsp3) is 0.182. The standard InChI is InChI=1S/C22H21BrN2O4/c1-4-29-20-10-14(9-18(23)21(20)28-3)13-24-25-22(26)17-11-15-7-5-6-8-16(15)12-19(17)27-2/h5-13H,4H2,1-3H3,(H,25,26)/b24-13-. The molecule has 0 bridgehead atoms. The maximum Gasteiger partial charge on any atom is 0.275 e. The van der Waals surface area contributed by atoms with Gasteiger partial charge in [0.2, 0.25) is 0 Å². The number of nitrogens with zero attached hydrogens (tertiary/aromatic N) is 1. The van der Waals surface area contributed by atoms with E-state index in [9.17, 15) is 4.79 Å². The Hall–Kier alpha value is -3.06. The Bertz CT molecular complexity index is 1070. The molecule has 3 aromatic rings. The lowest BCUT2D eigenvalue weighted by Crippen LogP contribution is -2.18. The minimum atomic E-state index is -0.360. The van der Waals surface area contributed by atoms with E-state index in [1.165, 1.54) is 13.3 Å². The molecule has 0 radical (unpaired) electrons. The number of carbonyl (C=O) groups excluding carboxylic acids is 1. The molecule has 0 aliphatic rings. The smallest absolute Gasteiger partial charge is 0.275 e. The van der Waals surface area contributed by atoms with Crippen LogP contribution in [0.4, 0.5) is 0 Å². The van der Waals surface area contributed by atoms with Crippen molar-refractivity contribution in [3.8, 4) is 17.2 Å². The van der Waals surface area contributed by atoms with Gasteiger partial charge < -0.3 is 14.2 Å². The van der Waals surface area contributed by atoms with Crippen molar-refractivity contribution >= 4 is 38.8 Å². The summed E-state index contributed by atoms with van der Waals surface area (Å²) in [5, 5.41) is 6.02. The minimum Gasteiger partial charge on any atom is -0.496 e. The predicted molar refractivity (Wildman–Crippen MR) is 117 cm³/mol. The van der Waals surface area contributed by atoms with E-state index in [2.05, 4.69) is 26.5 Å². The van der Waals surface area contributed by atoms with Gasteiger partial charge in [-0.1, -0.05) is 24.3 Å². The molecule has 29 heavy (non-hydrogen) atoms. The monoisotopic (exact) mass is 456 g/mol. The Labute approximate surface area is 177 Å². The number of hydrogen-bond donors (Lipinski definition) is 1. The molecule has 0 aliphatic heterocycles. The molecule has 0 atom stereocenters. The summed E-state index contributed by atoms with van der Waals surface area (Å²) in [6.45, 7) is 2.40. The van der Waals surface area contributed by atoms with E-state index in [1.807, 2.05) is 43.3 Å². The van der Waals surface area contributed by atoms with Crippen molar-refractivity contribution < 1.29 is 19.0 Å². The molecule has 0 aromatic heterocycles. The highest BCUT2D eigenvalue weighted by molar-refractivity contribution is 9.10. The largest absolute Gasteiger partial charge is 0.496 e. The number of amides is 1. The molecule has 3 rings (SSSR count). The van der Waals surface area contributed by atoms with Crippen molar-refractivity contribution in [2.45, 2.75) is 6.92 Å². The van der Waals surface area contributed by atoms with Crippen LogP contribution in [0.1, 0.15) is 22.8 Å². The topological polar surface area (TPSA) is 69.2 Å². The molecule has 3 aromatic carbocycles. The Morgan fingerprint density at radius 1 is 1.07 bits per heavy atom. The highest BCUT2D eigenvalue weighted by Gasteiger charge is 2.14. The third kappa shape index (κ3) is 4.68. The summed E-state index contributed by atoms with van der Waals surface area (Å²) in [5.74, 6) is 1.32. The molecule has 6 nitrogen and oxygen atoms in total. The zero-order chi connectivity index (χ0) is 20.8. The number of carbonyl (C=O) groups is 1. The van der Waals surface area contributed by atoms with E-state index in [0.717, 1.165) is 20.8 Å². The SMILES string of the molecule is CCOc1cc(/C=N\NC(=O)c2cc3ccccc3cc2OC)cc(Br)c1OC. The predicted octanol–water partition coefficient (Wildman–Crippen LogP) is 4.78. The van der Waals surface area contributed by atoms with Crippen LogP contribution in [0.25, 0.3) is 10.8 Å². The molecule has 0 aliphatic carbocycles. The molecule has 0 saturated heterocycles. The molecule has 150 valence electrons. The van der Waals surface area contributed by atoms with Gasteiger partial charge in [-0.25, -0.2) is 5.43 Å². The van der Waals surface area contributed by atoms with E-state index in [-0.39, 0.29) is 5.91 Å². The minimum absolute atomic E-state index is 0.360. The zero-order valence-electron chi connectivity index (χ0n) is 16.4. The molecule has 1 N–H and O–H groups in total. The number of ether oxygens (including phenoxy) is 3. The fourth-order valence-corrected chi connectivity index (χ4v) is 3.54. The number of hydrazone groups is 1. The van der Waals surface area contributed by atoms with E-state index in [1.54, 1.807) is 19.2 Å². The number of fused-ring (bicyclic) bond motifs is 1. The first-order valence-corrected chi connectivity index (χ1v) is 9.77. The first-order valence-electron chi connectivity index (χ1n) is 8.97. The number of nitrogens with one attached hydrogen (secondary N) is 1. The van der Waals surface area contributed by atoms with Crippen LogP contribution in [0, 0.1) is 0 Å². The Kier molecular flexibility index (Phi) is 6.72. The average Bonchev–Trinajstić information content (AvgIpc) is 2.72. The quantitative estimate of drug-likeness (QED) is 0.410. The van der Waals surface area contributed by atoms with E-state index >= 15 is 0 Å². The van der Waals surface area contributed by atoms with Crippen molar-refractivity contribution in [3.63, 3.8) is 0 Å². The first kappa shape index (κ1) is 20.7. The molecule has 0 saturated carbocycles. The van der Waals surface area contributed by atoms with Crippen LogP contribution in [0.5, 0.6) is 17.2 Å². The van der Waals surface area contributed by atoms with Crippen molar-refractivity contribution in [1.82, 2.24) is 5.43 Å². The maximum absolute atomic E-state index is 12.6. The van der Waals surface area contributed by atoms with Crippen molar-refractivity contribution in [2.75, 3.05) is 20.8 Å². The van der Waals surface area contributed by atoms with Crippen LogP contribution >= 0.6 is 15.9 Å². The number of rotatable bonds is 7. The highest BCUT2D eigenvalue weighted by Crippen LogP contribution is 2.36. The van der Waals surface area contributed by atoms with Gasteiger partial charge in [0.05, 0.1) is 37.1 Å². The van der Waals surface area contributed by atoms with Crippen molar-refractivity contribution in [1.29, 1.82) is 0 Å². The average molecular weight is 457 g/mol. The zero-order valence-corrected chi connectivity index (χ0v) is 17.9. The third-order valence-electron chi connectivity index (χ3n) is 4.23. The lowest BCUT2D eigenvalue weighted by Gasteiger charge is -2.12.